The standard InChI is InChI=1S/C23H29N5O2/c1-14(2)13-25-22(29)17-12-18-21(28(19(17)24)16-9-5-4-6-10-16)26-20-15(3)8-7-11-27(20)23(18)30/h7-8,11-12,14,16,24H,4-6,9-10,13H2,1-3H3,(H,25,29). The van der Waals surface area contributed by atoms with E-state index >= 15 is 0 Å². The molecule has 30 heavy (non-hydrogen) atoms. The Labute approximate surface area is 175 Å². The SMILES string of the molecule is Cc1cccn2c(=O)c3cc(C(=O)NCC(C)C)c(=N)n(C4CCCCC4)c3nc12. The zero-order valence-corrected chi connectivity index (χ0v) is 17.9. The Hall–Kier alpha value is -2.96. The smallest absolute Gasteiger partial charge is 0.267 e. The number of fused-ring (bicyclic) bond motifs is 2. The fourth-order valence-electron chi connectivity index (χ4n) is 4.32. The van der Waals surface area contributed by atoms with Crippen LogP contribution < -0.4 is 16.4 Å². The Balaban J connectivity index is 2.03. The lowest BCUT2D eigenvalue weighted by Gasteiger charge is -2.26. The van der Waals surface area contributed by atoms with Crippen molar-refractivity contribution in [1.29, 1.82) is 5.41 Å². The van der Waals surface area contributed by atoms with Crippen LogP contribution in [0.25, 0.3) is 16.7 Å². The summed E-state index contributed by atoms with van der Waals surface area (Å²) in [4.78, 5) is 31.1. The quantitative estimate of drug-likeness (QED) is 0.650. The van der Waals surface area contributed by atoms with E-state index in [0.29, 0.717) is 29.1 Å². The lowest BCUT2D eigenvalue weighted by molar-refractivity contribution is 0.0946. The number of carbonyl (C=O) groups excluding carboxylic acids is 1. The summed E-state index contributed by atoms with van der Waals surface area (Å²) in [6.45, 7) is 6.49. The van der Waals surface area contributed by atoms with E-state index < -0.39 is 0 Å². The molecule has 0 radical (unpaired) electrons. The molecule has 4 rings (SSSR count). The molecular formula is C23H29N5O2. The molecule has 1 aliphatic rings. The van der Waals surface area contributed by atoms with Gasteiger partial charge in [-0.1, -0.05) is 39.2 Å². The minimum Gasteiger partial charge on any atom is -0.352 e. The van der Waals surface area contributed by atoms with Crippen molar-refractivity contribution >= 4 is 22.6 Å². The average molecular weight is 408 g/mol. The van der Waals surface area contributed by atoms with Crippen LogP contribution in [-0.2, 0) is 0 Å². The Bertz CT molecular complexity index is 1230. The zero-order valence-electron chi connectivity index (χ0n) is 17.9. The van der Waals surface area contributed by atoms with Gasteiger partial charge < -0.3 is 9.88 Å². The topological polar surface area (TPSA) is 92.3 Å². The van der Waals surface area contributed by atoms with Crippen LogP contribution in [0.3, 0.4) is 0 Å². The van der Waals surface area contributed by atoms with Gasteiger partial charge in [0.1, 0.15) is 16.8 Å². The Morgan fingerprint density at radius 2 is 2.00 bits per heavy atom. The molecule has 0 spiro atoms. The molecule has 1 fully saturated rings. The highest BCUT2D eigenvalue weighted by molar-refractivity contribution is 5.96. The monoisotopic (exact) mass is 407 g/mol. The highest BCUT2D eigenvalue weighted by Crippen LogP contribution is 2.29. The van der Waals surface area contributed by atoms with Crippen molar-refractivity contribution < 1.29 is 4.79 Å². The number of nitrogens with zero attached hydrogens (tertiary/aromatic N) is 3. The van der Waals surface area contributed by atoms with E-state index in [1.165, 1.54) is 10.8 Å². The van der Waals surface area contributed by atoms with Gasteiger partial charge in [0.2, 0.25) is 0 Å². The summed E-state index contributed by atoms with van der Waals surface area (Å²) in [5, 5.41) is 12.1. The van der Waals surface area contributed by atoms with Crippen LogP contribution in [-0.4, -0.2) is 26.4 Å². The number of pyridine rings is 2. The average Bonchev–Trinajstić information content (AvgIpc) is 2.73. The zero-order chi connectivity index (χ0) is 21.4. The fourth-order valence-corrected chi connectivity index (χ4v) is 4.32. The Morgan fingerprint density at radius 1 is 1.27 bits per heavy atom. The molecule has 0 aliphatic heterocycles. The van der Waals surface area contributed by atoms with Gasteiger partial charge in [-0.3, -0.25) is 19.4 Å². The van der Waals surface area contributed by atoms with Gasteiger partial charge in [0.05, 0.1) is 10.9 Å². The van der Waals surface area contributed by atoms with E-state index in [9.17, 15) is 9.59 Å². The van der Waals surface area contributed by atoms with Crippen LogP contribution in [0.1, 0.15) is 67.9 Å². The predicted molar refractivity (Wildman–Crippen MR) is 117 cm³/mol. The van der Waals surface area contributed by atoms with E-state index in [4.69, 9.17) is 10.4 Å². The van der Waals surface area contributed by atoms with Crippen molar-refractivity contribution in [2.24, 2.45) is 5.92 Å². The molecule has 1 saturated carbocycles. The molecule has 158 valence electrons. The van der Waals surface area contributed by atoms with Crippen molar-refractivity contribution in [2.45, 2.75) is 58.9 Å². The third-order valence-electron chi connectivity index (χ3n) is 5.93. The molecular weight excluding hydrogens is 378 g/mol. The second-order valence-electron chi connectivity index (χ2n) is 8.71. The molecule has 0 aromatic carbocycles. The van der Waals surface area contributed by atoms with Gasteiger partial charge in [0, 0.05) is 18.8 Å². The molecule has 1 aliphatic carbocycles. The minimum atomic E-state index is -0.311. The predicted octanol–water partition coefficient (Wildman–Crippen LogP) is 3.33. The van der Waals surface area contributed by atoms with E-state index in [0.717, 1.165) is 31.2 Å². The maximum atomic E-state index is 13.3. The number of amides is 1. The maximum absolute atomic E-state index is 13.3. The molecule has 7 heteroatoms. The number of hydrogen-bond acceptors (Lipinski definition) is 4. The van der Waals surface area contributed by atoms with Crippen molar-refractivity contribution in [3.8, 4) is 0 Å². The summed E-state index contributed by atoms with van der Waals surface area (Å²) < 4.78 is 3.37. The fraction of sp³-hybridized carbons (Fsp3) is 0.478. The summed E-state index contributed by atoms with van der Waals surface area (Å²) >= 11 is 0. The molecule has 3 aromatic rings. The van der Waals surface area contributed by atoms with Crippen molar-refractivity contribution in [2.75, 3.05) is 6.54 Å². The molecule has 0 bridgehead atoms. The van der Waals surface area contributed by atoms with Crippen LogP contribution >= 0.6 is 0 Å². The van der Waals surface area contributed by atoms with Crippen LogP contribution in [0.2, 0.25) is 0 Å². The van der Waals surface area contributed by atoms with Crippen LogP contribution in [0, 0.1) is 18.3 Å². The van der Waals surface area contributed by atoms with Gasteiger partial charge in [0.15, 0.2) is 0 Å². The van der Waals surface area contributed by atoms with Crippen LogP contribution in [0.4, 0.5) is 0 Å². The summed E-state index contributed by atoms with van der Waals surface area (Å²) in [6.07, 6.45) is 6.89. The summed E-state index contributed by atoms with van der Waals surface area (Å²) in [5.74, 6) is -0.0119. The minimum absolute atomic E-state index is 0.0740. The van der Waals surface area contributed by atoms with E-state index in [-0.39, 0.29) is 28.6 Å². The molecule has 3 aromatic heterocycles. The second kappa shape index (κ2) is 8.05. The van der Waals surface area contributed by atoms with Gasteiger partial charge in [-0.25, -0.2) is 4.98 Å². The van der Waals surface area contributed by atoms with Gasteiger partial charge in [-0.05, 0) is 43.4 Å². The first kappa shape index (κ1) is 20.3. The molecule has 7 nitrogen and oxygen atoms in total. The van der Waals surface area contributed by atoms with E-state index in [2.05, 4.69) is 5.32 Å². The lowest BCUT2D eigenvalue weighted by Crippen LogP contribution is -2.37. The number of aryl methyl sites for hydroxylation is 1. The number of nitrogens with one attached hydrogen (secondary N) is 2. The third-order valence-corrected chi connectivity index (χ3v) is 5.93. The lowest BCUT2D eigenvalue weighted by atomic mass is 9.94. The van der Waals surface area contributed by atoms with E-state index in [1.54, 1.807) is 12.3 Å². The molecule has 0 saturated heterocycles. The first-order valence-electron chi connectivity index (χ1n) is 10.8. The number of hydrogen-bond donors (Lipinski definition) is 2. The molecule has 1 amide bonds. The maximum Gasteiger partial charge on any atom is 0.267 e. The number of aromatic nitrogens is 3. The number of rotatable bonds is 4. The van der Waals surface area contributed by atoms with Crippen molar-refractivity contribution in [3.05, 3.63) is 51.4 Å². The Kier molecular flexibility index (Phi) is 5.45. The first-order chi connectivity index (χ1) is 14.4. The molecule has 2 N–H and O–H groups in total. The molecule has 0 atom stereocenters. The largest absolute Gasteiger partial charge is 0.352 e. The normalized spacial score (nSPS) is 15.2. The molecule has 0 unspecified atom stereocenters. The van der Waals surface area contributed by atoms with Crippen LogP contribution in [0.15, 0.2) is 29.2 Å². The third kappa shape index (κ3) is 3.53. The second-order valence-corrected chi connectivity index (χ2v) is 8.71. The van der Waals surface area contributed by atoms with Gasteiger partial charge in [0.25, 0.3) is 11.5 Å². The number of carbonyl (C=O) groups is 1. The van der Waals surface area contributed by atoms with Crippen molar-refractivity contribution in [3.63, 3.8) is 0 Å². The summed E-state index contributed by atoms with van der Waals surface area (Å²) in [7, 11) is 0. The summed E-state index contributed by atoms with van der Waals surface area (Å²) in [6, 6.07) is 5.37. The van der Waals surface area contributed by atoms with Crippen molar-refractivity contribution in [1.82, 2.24) is 19.3 Å². The Morgan fingerprint density at radius 3 is 2.70 bits per heavy atom. The van der Waals surface area contributed by atoms with Gasteiger partial charge in [-0.15, -0.1) is 0 Å². The van der Waals surface area contributed by atoms with Gasteiger partial charge >= 0.3 is 0 Å². The van der Waals surface area contributed by atoms with Crippen LogP contribution in [0.5, 0.6) is 0 Å². The first-order valence-corrected chi connectivity index (χ1v) is 10.8. The molecule has 3 heterocycles. The summed E-state index contributed by atoms with van der Waals surface area (Å²) in [5.41, 5.74) is 2.17. The van der Waals surface area contributed by atoms with Gasteiger partial charge in [-0.2, -0.15) is 0 Å². The van der Waals surface area contributed by atoms with E-state index in [1.807, 2.05) is 37.5 Å². The highest BCUT2D eigenvalue weighted by Gasteiger charge is 2.23. The highest BCUT2D eigenvalue weighted by atomic mass is 16.1.